The number of hydrogen-bond donors (Lipinski definition) is 0. The third-order valence-electron chi connectivity index (χ3n) is 2.83. The van der Waals surface area contributed by atoms with E-state index in [4.69, 9.17) is 27.9 Å². The summed E-state index contributed by atoms with van der Waals surface area (Å²) in [6.07, 6.45) is 0. The first kappa shape index (κ1) is 14.0. The average molecular weight is 350 g/mol. The van der Waals surface area contributed by atoms with E-state index in [1.165, 1.54) is 10.4 Å². The molecule has 4 nitrogen and oxygen atoms in total. The molecular weight excluding hydrogens is 341 g/mol. The lowest BCUT2D eigenvalue weighted by molar-refractivity contribution is 0.316. The van der Waals surface area contributed by atoms with Crippen molar-refractivity contribution in [2.45, 2.75) is 4.21 Å². The van der Waals surface area contributed by atoms with E-state index >= 15 is 0 Å². The van der Waals surface area contributed by atoms with Crippen molar-refractivity contribution in [2.24, 2.45) is 0 Å². The van der Waals surface area contributed by atoms with Gasteiger partial charge in [-0.1, -0.05) is 23.2 Å². The van der Waals surface area contributed by atoms with Gasteiger partial charge in [0.2, 0.25) is 0 Å². The minimum atomic E-state index is -3.64. The lowest BCUT2D eigenvalue weighted by atomic mass is 10.2. The van der Waals surface area contributed by atoms with E-state index < -0.39 is 10.0 Å². The van der Waals surface area contributed by atoms with Gasteiger partial charge in [0.25, 0.3) is 10.0 Å². The fourth-order valence-electron chi connectivity index (χ4n) is 1.96. The zero-order chi connectivity index (χ0) is 14.3. The highest BCUT2D eigenvalue weighted by molar-refractivity contribution is 7.94. The van der Waals surface area contributed by atoms with E-state index in [9.17, 15) is 8.42 Å². The Morgan fingerprint density at radius 1 is 1.20 bits per heavy atom. The van der Waals surface area contributed by atoms with Crippen molar-refractivity contribution in [2.75, 3.05) is 17.5 Å². The lowest BCUT2D eigenvalue weighted by Gasteiger charge is -2.30. The molecule has 3 rings (SSSR count). The van der Waals surface area contributed by atoms with Crippen LogP contribution in [0.4, 0.5) is 5.69 Å². The summed E-state index contributed by atoms with van der Waals surface area (Å²) in [6.45, 7) is 0.540. The predicted molar refractivity (Wildman–Crippen MR) is 80.8 cm³/mol. The maximum atomic E-state index is 12.7. The number of thiophene rings is 1. The van der Waals surface area contributed by atoms with Crippen molar-refractivity contribution >= 4 is 50.2 Å². The summed E-state index contributed by atoms with van der Waals surface area (Å²) in [7, 11) is -3.64. The summed E-state index contributed by atoms with van der Waals surface area (Å²) in [6, 6.07) is 7.99. The maximum Gasteiger partial charge on any atom is 0.274 e. The largest absolute Gasteiger partial charge is 0.489 e. The molecule has 0 amide bonds. The van der Waals surface area contributed by atoms with Crippen LogP contribution in [0.3, 0.4) is 0 Å². The molecule has 0 spiro atoms. The number of hydrogen-bond acceptors (Lipinski definition) is 4. The molecule has 0 atom stereocenters. The Bertz CT molecular complexity index is 758. The van der Waals surface area contributed by atoms with Gasteiger partial charge in [-0.05, 0) is 30.3 Å². The number of sulfonamides is 1. The van der Waals surface area contributed by atoms with Gasteiger partial charge in [-0.3, -0.25) is 4.31 Å². The minimum absolute atomic E-state index is 0.204. The fraction of sp³-hybridized carbons (Fsp3) is 0.167. The van der Waals surface area contributed by atoms with Gasteiger partial charge in [-0.2, -0.15) is 0 Å². The second-order valence-electron chi connectivity index (χ2n) is 4.10. The average Bonchev–Trinajstić information content (AvgIpc) is 2.85. The number of benzene rings is 1. The van der Waals surface area contributed by atoms with Gasteiger partial charge < -0.3 is 4.74 Å². The third-order valence-corrected chi connectivity index (χ3v) is 6.58. The topological polar surface area (TPSA) is 46.6 Å². The summed E-state index contributed by atoms with van der Waals surface area (Å²) in [5.41, 5.74) is 0.452. The molecule has 2 aromatic rings. The van der Waals surface area contributed by atoms with Gasteiger partial charge in [0, 0.05) is 5.02 Å². The Morgan fingerprint density at radius 2 is 2.00 bits per heavy atom. The van der Waals surface area contributed by atoms with E-state index in [0.717, 1.165) is 11.3 Å². The van der Waals surface area contributed by atoms with Gasteiger partial charge in [-0.25, -0.2) is 8.42 Å². The molecule has 1 aliphatic heterocycles. The van der Waals surface area contributed by atoms with Crippen LogP contribution in [0.15, 0.2) is 34.5 Å². The summed E-state index contributed by atoms with van der Waals surface area (Å²) in [5, 5.41) is 0.457. The molecule has 0 unspecified atom stereocenters. The van der Waals surface area contributed by atoms with Gasteiger partial charge in [-0.15, -0.1) is 11.3 Å². The zero-order valence-corrected chi connectivity index (χ0v) is 13.2. The Morgan fingerprint density at radius 3 is 2.70 bits per heavy atom. The molecule has 0 fully saturated rings. The summed E-state index contributed by atoms with van der Waals surface area (Å²) < 4.78 is 32.7. The van der Waals surface area contributed by atoms with Crippen molar-refractivity contribution in [3.8, 4) is 5.75 Å². The Labute approximate surface area is 130 Å². The summed E-state index contributed by atoms with van der Waals surface area (Å²) in [5.74, 6) is 0.506. The van der Waals surface area contributed by atoms with Gasteiger partial charge in [0.05, 0.1) is 16.6 Å². The number of nitrogens with zero attached hydrogens (tertiary/aromatic N) is 1. The fourth-order valence-corrected chi connectivity index (χ4v) is 5.18. The molecule has 0 aliphatic carbocycles. The molecule has 0 saturated carbocycles. The van der Waals surface area contributed by atoms with Crippen molar-refractivity contribution in [3.63, 3.8) is 0 Å². The highest BCUT2D eigenvalue weighted by atomic mass is 35.5. The minimum Gasteiger partial charge on any atom is -0.489 e. The van der Waals surface area contributed by atoms with Gasteiger partial charge in [0.1, 0.15) is 16.6 Å². The van der Waals surface area contributed by atoms with E-state index in [2.05, 4.69) is 0 Å². The quantitative estimate of drug-likeness (QED) is 0.831. The number of rotatable bonds is 2. The van der Waals surface area contributed by atoms with Crippen LogP contribution >= 0.6 is 34.5 Å². The van der Waals surface area contributed by atoms with E-state index in [-0.39, 0.29) is 10.8 Å². The van der Waals surface area contributed by atoms with Crippen molar-refractivity contribution in [3.05, 3.63) is 39.7 Å². The van der Waals surface area contributed by atoms with Crippen LogP contribution in [0.5, 0.6) is 5.75 Å². The van der Waals surface area contributed by atoms with Crippen molar-refractivity contribution in [1.29, 1.82) is 0 Å². The Hall–Kier alpha value is -0.950. The first-order chi connectivity index (χ1) is 9.48. The molecule has 0 radical (unpaired) electrons. The maximum absolute atomic E-state index is 12.7. The van der Waals surface area contributed by atoms with E-state index in [1.54, 1.807) is 24.3 Å². The molecule has 1 aromatic heterocycles. The summed E-state index contributed by atoms with van der Waals surface area (Å²) >= 11 is 12.8. The van der Waals surface area contributed by atoms with Crippen LogP contribution in [-0.2, 0) is 10.0 Å². The first-order valence-electron chi connectivity index (χ1n) is 5.69. The number of anilines is 1. The molecule has 1 aromatic carbocycles. The van der Waals surface area contributed by atoms with Crippen LogP contribution in [0.2, 0.25) is 9.36 Å². The van der Waals surface area contributed by atoms with Crippen LogP contribution in [0.1, 0.15) is 0 Å². The zero-order valence-electron chi connectivity index (χ0n) is 10.0. The van der Waals surface area contributed by atoms with Crippen molar-refractivity contribution < 1.29 is 13.2 Å². The third kappa shape index (κ3) is 2.37. The Balaban J connectivity index is 2.10. The van der Waals surface area contributed by atoms with Crippen LogP contribution < -0.4 is 9.04 Å². The molecule has 0 bridgehead atoms. The predicted octanol–water partition coefficient (Wildman–Crippen LogP) is 3.64. The molecular formula is C12H9Cl2NO3S2. The van der Waals surface area contributed by atoms with Crippen LogP contribution in [0, 0.1) is 0 Å². The highest BCUT2D eigenvalue weighted by Gasteiger charge is 2.31. The van der Waals surface area contributed by atoms with Crippen LogP contribution in [-0.4, -0.2) is 21.6 Å². The number of fused-ring (bicyclic) bond motifs is 1. The molecule has 2 heterocycles. The van der Waals surface area contributed by atoms with Gasteiger partial charge in [0.15, 0.2) is 0 Å². The highest BCUT2D eigenvalue weighted by Crippen LogP contribution is 2.38. The standard InChI is InChI=1S/C12H9Cl2NO3S2/c13-8-1-2-10-9(7-8)15(5-6-18-10)20(16,17)12-4-3-11(14)19-12/h1-4,7H,5-6H2. The van der Waals surface area contributed by atoms with Crippen molar-refractivity contribution in [1.82, 2.24) is 0 Å². The monoisotopic (exact) mass is 349 g/mol. The normalized spacial score (nSPS) is 14.8. The first-order valence-corrected chi connectivity index (χ1v) is 8.70. The van der Waals surface area contributed by atoms with Gasteiger partial charge >= 0.3 is 0 Å². The number of ether oxygens (including phenoxy) is 1. The molecule has 106 valence electrons. The van der Waals surface area contributed by atoms with E-state index in [0.29, 0.717) is 27.4 Å². The molecule has 0 saturated heterocycles. The van der Waals surface area contributed by atoms with E-state index in [1.807, 2.05) is 0 Å². The second-order valence-corrected chi connectivity index (χ2v) is 8.34. The molecule has 0 N–H and O–H groups in total. The second kappa shape index (κ2) is 5.11. The molecule has 1 aliphatic rings. The SMILES string of the molecule is O=S(=O)(c1ccc(Cl)s1)N1CCOc2ccc(Cl)cc21. The summed E-state index contributed by atoms with van der Waals surface area (Å²) in [4.78, 5) is 0. The smallest absolute Gasteiger partial charge is 0.274 e. The molecule has 20 heavy (non-hydrogen) atoms. The molecule has 8 heteroatoms. The number of halogens is 2. The Kier molecular flexibility index (Phi) is 3.58. The lowest BCUT2D eigenvalue weighted by Crippen LogP contribution is -2.37. The van der Waals surface area contributed by atoms with Crippen LogP contribution in [0.25, 0.3) is 0 Å².